The molecule has 1 unspecified atom stereocenters. The van der Waals surface area contributed by atoms with Crippen LogP contribution in [0.3, 0.4) is 0 Å². The predicted octanol–water partition coefficient (Wildman–Crippen LogP) is 1.13. The maximum atomic E-state index is 12.2. The first-order valence-electron chi connectivity index (χ1n) is 6.15. The number of aromatic carboxylic acids is 1. The summed E-state index contributed by atoms with van der Waals surface area (Å²) < 4.78 is 26.7. The van der Waals surface area contributed by atoms with Crippen molar-refractivity contribution in [2.24, 2.45) is 0 Å². The van der Waals surface area contributed by atoms with Gasteiger partial charge in [0, 0.05) is 6.54 Å². The number of rotatable bonds is 6. The largest absolute Gasteiger partial charge is 0.478 e. The Bertz CT molecular complexity index is 607. The molecule has 3 N–H and O–H groups in total. The van der Waals surface area contributed by atoms with Gasteiger partial charge in [0.15, 0.2) is 0 Å². The molecule has 0 heterocycles. The summed E-state index contributed by atoms with van der Waals surface area (Å²) >= 11 is 0. The van der Waals surface area contributed by atoms with Crippen LogP contribution >= 0.6 is 0 Å². The minimum atomic E-state index is -3.86. The molecule has 1 aromatic rings. The Balaban J connectivity index is 3.11. The molecular weight excluding hydrogens is 282 g/mol. The molecule has 0 aliphatic rings. The number of nitrogens with one attached hydrogen (secondary N) is 1. The third-order valence-electron chi connectivity index (χ3n) is 3.21. The Kier molecular flexibility index (Phi) is 4.90. The molecule has 0 amide bonds. The van der Waals surface area contributed by atoms with Gasteiger partial charge in [0.2, 0.25) is 10.0 Å². The van der Waals surface area contributed by atoms with Gasteiger partial charge in [0.25, 0.3) is 0 Å². The molecule has 0 aromatic heterocycles. The van der Waals surface area contributed by atoms with Crippen LogP contribution in [0.15, 0.2) is 23.1 Å². The van der Waals surface area contributed by atoms with Crippen LogP contribution < -0.4 is 4.72 Å². The minimum absolute atomic E-state index is 0.0601. The third kappa shape index (κ3) is 3.78. The fraction of sp³-hybridized carbons (Fsp3) is 0.462. The van der Waals surface area contributed by atoms with E-state index in [1.807, 2.05) is 0 Å². The first-order valence-corrected chi connectivity index (χ1v) is 7.64. The van der Waals surface area contributed by atoms with E-state index in [1.165, 1.54) is 32.0 Å². The van der Waals surface area contributed by atoms with Gasteiger partial charge in [-0.3, -0.25) is 0 Å². The van der Waals surface area contributed by atoms with Crippen molar-refractivity contribution >= 4 is 16.0 Å². The van der Waals surface area contributed by atoms with Crippen molar-refractivity contribution in [3.63, 3.8) is 0 Å². The van der Waals surface area contributed by atoms with Crippen molar-refractivity contribution in [3.8, 4) is 0 Å². The molecule has 112 valence electrons. The van der Waals surface area contributed by atoms with Crippen LogP contribution in [-0.2, 0) is 10.0 Å². The van der Waals surface area contributed by atoms with Crippen LogP contribution in [0.25, 0.3) is 0 Å². The number of carboxylic acid groups (broad SMARTS) is 1. The lowest BCUT2D eigenvalue weighted by Gasteiger charge is -2.22. The summed E-state index contributed by atoms with van der Waals surface area (Å²) in [7, 11) is -3.86. The minimum Gasteiger partial charge on any atom is -0.478 e. The van der Waals surface area contributed by atoms with Gasteiger partial charge in [-0.2, -0.15) is 0 Å². The topological polar surface area (TPSA) is 104 Å². The summed E-state index contributed by atoms with van der Waals surface area (Å²) in [6, 6.07) is 4.06. The third-order valence-corrected chi connectivity index (χ3v) is 4.75. The molecule has 0 saturated heterocycles. The summed E-state index contributed by atoms with van der Waals surface area (Å²) in [5.74, 6) is -1.18. The average molecular weight is 301 g/mol. The molecule has 6 nitrogen and oxygen atoms in total. The second-order valence-electron chi connectivity index (χ2n) is 4.91. The van der Waals surface area contributed by atoms with Crippen LogP contribution in [0.5, 0.6) is 0 Å². The van der Waals surface area contributed by atoms with Gasteiger partial charge in [0.1, 0.15) is 0 Å². The highest BCUT2D eigenvalue weighted by Gasteiger charge is 2.24. The van der Waals surface area contributed by atoms with E-state index >= 15 is 0 Å². The Morgan fingerprint density at radius 3 is 2.50 bits per heavy atom. The normalized spacial score (nSPS) is 14.8. The van der Waals surface area contributed by atoms with E-state index < -0.39 is 21.6 Å². The maximum Gasteiger partial charge on any atom is 0.335 e. The molecule has 1 aromatic carbocycles. The van der Waals surface area contributed by atoms with E-state index in [0.29, 0.717) is 6.42 Å². The number of aliphatic hydroxyl groups is 1. The summed E-state index contributed by atoms with van der Waals surface area (Å²) in [6.07, 6.45) is 0.393. The molecule has 0 aliphatic heterocycles. The second kappa shape index (κ2) is 5.90. The van der Waals surface area contributed by atoms with E-state index in [1.54, 1.807) is 6.92 Å². The number of carboxylic acids is 1. The second-order valence-corrected chi connectivity index (χ2v) is 6.64. The highest BCUT2D eigenvalue weighted by atomic mass is 32.2. The molecule has 0 saturated carbocycles. The average Bonchev–Trinajstić information content (AvgIpc) is 2.36. The number of hydrogen-bond donors (Lipinski definition) is 3. The Morgan fingerprint density at radius 1 is 1.40 bits per heavy atom. The smallest absolute Gasteiger partial charge is 0.335 e. The highest BCUT2D eigenvalue weighted by Crippen LogP contribution is 2.19. The molecule has 0 fully saturated rings. The van der Waals surface area contributed by atoms with Crippen molar-refractivity contribution in [1.82, 2.24) is 4.72 Å². The quantitative estimate of drug-likeness (QED) is 0.731. The lowest BCUT2D eigenvalue weighted by atomic mass is 10.1. The SMILES string of the molecule is CCC(C)(O)CNS(=O)(=O)c1cccc(C(=O)O)c1C. The first kappa shape index (κ1) is 16.6. The van der Waals surface area contributed by atoms with E-state index in [2.05, 4.69) is 4.72 Å². The van der Waals surface area contributed by atoms with E-state index in [0.717, 1.165) is 0 Å². The highest BCUT2D eigenvalue weighted by molar-refractivity contribution is 7.89. The van der Waals surface area contributed by atoms with Gasteiger partial charge in [-0.25, -0.2) is 17.9 Å². The summed E-state index contributed by atoms with van der Waals surface area (Å²) in [5.41, 5.74) is -1.04. The predicted molar refractivity (Wildman–Crippen MR) is 74.2 cm³/mol. The van der Waals surface area contributed by atoms with Gasteiger partial charge in [-0.15, -0.1) is 0 Å². The van der Waals surface area contributed by atoms with Gasteiger partial charge in [-0.1, -0.05) is 13.0 Å². The molecule has 1 atom stereocenters. The molecule has 0 radical (unpaired) electrons. The number of benzene rings is 1. The summed E-state index contributed by atoms with van der Waals surface area (Å²) in [4.78, 5) is 10.9. The van der Waals surface area contributed by atoms with Crippen molar-refractivity contribution in [3.05, 3.63) is 29.3 Å². The fourth-order valence-electron chi connectivity index (χ4n) is 1.59. The molecule has 7 heteroatoms. The molecule has 0 spiro atoms. The molecule has 0 aliphatic carbocycles. The molecular formula is C13H19NO5S. The lowest BCUT2D eigenvalue weighted by molar-refractivity contribution is 0.0613. The van der Waals surface area contributed by atoms with E-state index in [9.17, 15) is 18.3 Å². The van der Waals surface area contributed by atoms with Gasteiger partial charge < -0.3 is 10.2 Å². The van der Waals surface area contributed by atoms with Crippen LogP contribution in [0, 0.1) is 6.92 Å². The fourth-order valence-corrected chi connectivity index (χ4v) is 3.02. The summed E-state index contributed by atoms with van der Waals surface area (Å²) in [6.45, 7) is 4.57. The van der Waals surface area contributed by atoms with Crippen LogP contribution in [0.2, 0.25) is 0 Å². The van der Waals surface area contributed by atoms with Gasteiger partial charge in [-0.05, 0) is 38.0 Å². The van der Waals surface area contributed by atoms with Crippen molar-refractivity contribution in [2.45, 2.75) is 37.7 Å². The monoisotopic (exact) mass is 301 g/mol. The molecule has 20 heavy (non-hydrogen) atoms. The van der Waals surface area contributed by atoms with E-state index in [-0.39, 0.29) is 22.6 Å². The first-order chi connectivity index (χ1) is 9.10. The Morgan fingerprint density at radius 2 is 2.00 bits per heavy atom. The molecule has 0 bridgehead atoms. The van der Waals surface area contributed by atoms with Crippen molar-refractivity contribution < 1.29 is 23.4 Å². The number of sulfonamides is 1. The standard InChI is InChI=1S/C13H19NO5S/c1-4-13(3,17)8-14-20(18,19)11-7-5-6-10(9(11)2)12(15)16/h5-7,14,17H,4,8H2,1-3H3,(H,15,16). The van der Waals surface area contributed by atoms with Gasteiger partial charge in [0.05, 0.1) is 16.1 Å². The lowest BCUT2D eigenvalue weighted by Crippen LogP contribution is -2.40. The molecule has 1 rings (SSSR count). The zero-order valence-corrected chi connectivity index (χ0v) is 12.5. The Hall–Kier alpha value is -1.44. The number of carbonyl (C=O) groups is 1. The van der Waals surface area contributed by atoms with E-state index in [4.69, 9.17) is 5.11 Å². The van der Waals surface area contributed by atoms with Crippen LogP contribution in [0.4, 0.5) is 0 Å². The maximum absolute atomic E-state index is 12.2. The number of hydrogen-bond acceptors (Lipinski definition) is 4. The summed E-state index contributed by atoms with van der Waals surface area (Å²) in [5, 5.41) is 18.8. The van der Waals surface area contributed by atoms with Crippen molar-refractivity contribution in [1.29, 1.82) is 0 Å². The zero-order valence-electron chi connectivity index (χ0n) is 11.7. The van der Waals surface area contributed by atoms with Crippen LogP contribution in [-0.4, -0.2) is 36.7 Å². The Labute approximate surface area is 118 Å². The van der Waals surface area contributed by atoms with Gasteiger partial charge >= 0.3 is 5.97 Å². The van der Waals surface area contributed by atoms with Crippen molar-refractivity contribution in [2.75, 3.05) is 6.54 Å². The zero-order chi connectivity index (χ0) is 15.6. The van der Waals surface area contributed by atoms with Crippen LogP contribution in [0.1, 0.15) is 36.2 Å².